The van der Waals surface area contributed by atoms with Gasteiger partial charge in [0.15, 0.2) is 0 Å². The second-order valence-electron chi connectivity index (χ2n) is 6.00. The molecular weight excluding hydrogens is 359 g/mol. The lowest BCUT2D eigenvalue weighted by Crippen LogP contribution is -2.43. The van der Waals surface area contributed by atoms with Crippen molar-refractivity contribution in [1.82, 2.24) is 9.03 Å². The van der Waals surface area contributed by atoms with Gasteiger partial charge in [-0.1, -0.05) is 0 Å². The predicted molar refractivity (Wildman–Crippen MR) is 87.0 cm³/mol. The minimum atomic E-state index is -3.90. The van der Waals surface area contributed by atoms with Crippen molar-refractivity contribution in [3.63, 3.8) is 0 Å². The van der Waals surface area contributed by atoms with Gasteiger partial charge >= 0.3 is 0 Å². The number of benzene rings is 1. The molecule has 1 heterocycles. The van der Waals surface area contributed by atoms with Crippen LogP contribution in [0.5, 0.6) is 0 Å². The Morgan fingerprint density at radius 2 is 1.92 bits per heavy atom. The zero-order chi connectivity index (χ0) is 18.1. The van der Waals surface area contributed by atoms with Gasteiger partial charge in [-0.15, -0.1) is 0 Å². The summed E-state index contributed by atoms with van der Waals surface area (Å²) in [7, 11) is -4.54. The first-order valence-electron chi connectivity index (χ1n) is 7.29. The lowest BCUT2D eigenvalue weighted by atomic mass is 10.1. The van der Waals surface area contributed by atoms with Gasteiger partial charge < -0.3 is 4.74 Å². The van der Waals surface area contributed by atoms with Crippen LogP contribution in [-0.4, -0.2) is 60.2 Å². The maximum absolute atomic E-state index is 13.2. The highest BCUT2D eigenvalue weighted by atomic mass is 32.2. The zero-order valence-electron chi connectivity index (χ0n) is 13.7. The van der Waals surface area contributed by atoms with Crippen molar-refractivity contribution in [1.29, 1.82) is 0 Å². The maximum Gasteiger partial charge on any atom is 0.241 e. The van der Waals surface area contributed by atoms with Crippen LogP contribution in [0.1, 0.15) is 5.56 Å². The molecule has 1 N–H and O–H groups in total. The van der Waals surface area contributed by atoms with Crippen LogP contribution in [0, 0.1) is 18.7 Å². The number of hydrogen-bond acceptors (Lipinski definition) is 5. The van der Waals surface area contributed by atoms with E-state index in [9.17, 15) is 21.2 Å². The lowest BCUT2D eigenvalue weighted by Gasteiger charge is -2.21. The van der Waals surface area contributed by atoms with Crippen LogP contribution in [0.4, 0.5) is 4.39 Å². The average molecular weight is 380 g/mol. The molecule has 2 atom stereocenters. The third-order valence-electron chi connectivity index (χ3n) is 3.91. The Morgan fingerprint density at radius 3 is 2.50 bits per heavy atom. The number of halogens is 1. The number of aryl methyl sites for hydroxylation is 1. The highest BCUT2D eigenvalue weighted by molar-refractivity contribution is 7.89. The van der Waals surface area contributed by atoms with E-state index in [1.54, 1.807) is 0 Å². The van der Waals surface area contributed by atoms with E-state index in [2.05, 4.69) is 4.72 Å². The normalized spacial score (nSPS) is 22.2. The molecule has 0 aromatic heterocycles. The second-order valence-corrected chi connectivity index (χ2v) is 9.91. The molecular formula is C14H21FN2O5S2. The summed E-state index contributed by atoms with van der Waals surface area (Å²) in [5.41, 5.74) is 0.277. The topological polar surface area (TPSA) is 92.8 Å². The van der Waals surface area contributed by atoms with Crippen molar-refractivity contribution in [2.24, 2.45) is 5.92 Å². The van der Waals surface area contributed by atoms with Crippen molar-refractivity contribution >= 4 is 20.0 Å². The van der Waals surface area contributed by atoms with Crippen molar-refractivity contribution in [2.75, 3.05) is 33.1 Å². The fourth-order valence-corrected chi connectivity index (χ4v) is 5.17. The number of sulfonamides is 2. The molecule has 1 saturated heterocycles. The van der Waals surface area contributed by atoms with Gasteiger partial charge in [-0.2, -0.15) is 0 Å². The van der Waals surface area contributed by atoms with Gasteiger partial charge in [0.25, 0.3) is 0 Å². The molecule has 0 radical (unpaired) electrons. The van der Waals surface area contributed by atoms with Crippen LogP contribution in [0.2, 0.25) is 0 Å². The molecule has 1 aromatic rings. The minimum absolute atomic E-state index is 0.0370. The fraction of sp³-hybridized carbons (Fsp3) is 0.571. The van der Waals surface area contributed by atoms with Crippen LogP contribution in [0.25, 0.3) is 0 Å². The monoisotopic (exact) mass is 380 g/mol. The Labute approximate surface area is 141 Å². The molecule has 136 valence electrons. The third-order valence-corrected chi connectivity index (χ3v) is 7.52. The van der Waals surface area contributed by atoms with Crippen LogP contribution in [-0.2, 0) is 24.8 Å². The van der Waals surface area contributed by atoms with Crippen molar-refractivity contribution in [2.45, 2.75) is 17.9 Å². The van der Waals surface area contributed by atoms with E-state index >= 15 is 0 Å². The van der Waals surface area contributed by atoms with E-state index in [4.69, 9.17) is 4.74 Å². The molecule has 24 heavy (non-hydrogen) atoms. The summed E-state index contributed by atoms with van der Waals surface area (Å²) in [6, 6.07) is 2.73. The SMILES string of the molecule is Cc1cc(F)ccc1S(=O)(=O)N[C@H]1COC[C@H]1CS(=O)(=O)N(C)C. The summed E-state index contributed by atoms with van der Waals surface area (Å²) < 4.78 is 71.1. The van der Waals surface area contributed by atoms with E-state index < -0.39 is 37.8 Å². The molecule has 0 spiro atoms. The molecule has 0 unspecified atom stereocenters. The molecule has 1 fully saturated rings. The molecule has 1 aliphatic rings. The Morgan fingerprint density at radius 1 is 1.25 bits per heavy atom. The summed E-state index contributed by atoms with van der Waals surface area (Å²) >= 11 is 0. The molecule has 1 aliphatic heterocycles. The van der Waals surface area contributed by atoms with Crippen LogP contribution in [0.3, 0.4) is 0 Å². The molecule has 0 bridgehead atoms. The molecule has 0 amide bonds. The third kappa shape index (κ3) is 4.31. The number of nitrogens with zero attached hydrogens (tertiary/aromatic N) is 1. The summed E-state index contributed by atoms with van der Waals surface area (Å²) in [5.74, 6) is -1.23. The second kappa shape index (κ2) is 7.04. The average Bonchev–Trinajstić information content (AvgIpc) is 2.83. The van der Waals surface area contributed by atoms with E-state index in [0.717, 1.165) is 16.4 Å². The van der Waals surface area contributed by atoms with Gasteiger partial charge in [-0.3, -0.25) is 0 Å². The standard InChI is InChI=1S/C14H21FN2O5S2/c1-10-6-12(15)4-5-14(10)24(20,21)16-13-8-22-7-11(13)9-23(18,19)17(2)3/h4-6,11,13,16H,7-9H2,1-3H3/t11-,13-/m0/s1. The largest absolute Gasteiger partial charge is 0.379 e. The number of ether oxygens (including phenoxy) is 1. The van der Waals surface area contributed by atoms with Crippen molar-refractivity contribution in [3.05, 3.63) is 29.6 Å². The molecule has 2 rings (SSSR count). The molecule has 0 aliphatic carbocycles. The van der Waals surface area contributed by atoms with Crippen LogP contribution < -0.4 is 4.72 Å². The van der Waals surface area contributed by atoms with E-state index in [1.807, 2.05) is 0 Å². The minimum Gasteiger partial charge on any atom is -0.379 e. The van der Waals surface area contributed by atoms with Gasteiger partial charge in [-0.05, 0) is 30.7 Å². The van der Waals surface area contributed by atoms with Gasteiger partial charge in [0.2, 0.25) is 20.0 Å². The smallest absolute Gasteiger partial charge is 0.241 e. The van der Waals surface area contributed by atoms with Gasteiger partial charge in [-0.25, -0.2) is 30.3 Å². The van der Waals surface area contributed by atoms with Crippen LogP contribution in [0.15, 0.2) is 23.1 Å². The Kier molecular flexibility index (Phi) is 5.65. The summed E-state index contributed by atoms with van der Waals surface area (Å²) in [4.78, 5) is -0.0370. The zero-order valence-corrected chi connectivity index (χ0v) is 15.3. The van der Waals surface area contributed by atoms with Crippen molar-refractivity contribution < 1.29 is 26.0 Å². The fourth-order valence-electron chi connectivity index (χ4n) is 2.49. The first-order chi connectivity index (χ1) is 11.0. The van der Waals surface area contributed by atoms with Gasteiger partial charge in [0, 0.05) is 20.0 Å². The molecule has 10 heteroatoms. The van der Waals surface area contributed by atoms with E-state index in [-0.39, 0.29) is 29.4 Å². The number of hydrogen-bond donors (Lipinski definition) is 1. The highest BCUT2D eigenvalue weighted by Gasteiger charge is 2.36. The van der Waals surface area contributed by atoms with Gasteiger partial charge in [0.05, 0.1) is 29.9 Å². The Balaban J connectivity index is 2.19. The molecule has 1 aromatic carbocycles. The summed E-state index contributed by atoms with van der Waals surface area (Å²) in [5, 5.41) is 0. The lowest BCUT2D eigenvalue weighted by molar-refractivity contribution is 0.185. The molecule has 7 nitrogen and oxygen atoms in total. The highest BCUT2D eigenvalue weighted by Crippen LogP contribution is 2.21. The number of nitrogens with one attached hydrogen (secondary N) is 1. The first kappa shape index (κ1) is 19.3. The predicted octanol–water partition coefficient (Wildman–Crippen LogP) is 0.319. The van der Waals surface area contributed by atoms with Gasteiger partial charge in [0.1, 0.15) is 5.82 Å². The maximum atomic E-state index is 13.2. The Hall–Kier alpha value is -1.07. The van der Waals surface area contributed by atoms with Crippen molar-refractivity contribution in [3.8, 4) is 0 Å². The van der Waals surface area contributed by atoms with E-state index in [1.165, 1.54) is 27.1 Å². The van der Waals surface area contributed by atoms with Crippen LogP contribution >= 0.6 is 0 Å². The quantitative estimate of drug-likeness (QED) is 0.767. The molecule has 0 saturated carbocycles. The summed E-state index contributed by atoms with van der Waals surface area (Å²) in [6.45, 7) is 1.74. The first-order valence-corrected chi connectivity index (χ1v) is 10.4. The number of rotatable bonds is 6. The Bertz CT molecular complexity index is 808. The van der Waals surface area contributed by atoms with E-state index in [0.29, 0.717) is 0 Å². The summed E-state index contributed by atoms with van der Waals surface area (Å²) in [6.07, 6.45) is 0.